The summed E-state index contributed by atoms with van der Waals surface area (Å²) < 4.78 is 13.3. The SMILES string of the molecule is CC(C)(C)OC(=O)N1CC2(CC(NCC(=O)Cn3cnc(-c4ccc(Cl)cc4)c3-c3ccncc3)CO2)C1. The van der Waals surface area contributed by atoms with Crippen LogP contribution in [0.5, 0.6) is 0 Å². The molecule has 1 amide bonds. The van der Waals surface area contributed by atoms with Crippen molar-refractivity contribution in [3.05, 3.63) is 60.1 Å². The lowest BCUT2D eigenvalue weighted by atomic mass is 9.90. The Bertz CT molecular complexity index is 1300. The van der Waals surface area contributed by atoms with Crippen molar-refractivity contribution in [1.29, 1.82) is 0 Å². The third-order valence-corrected chi connectivity index (χ3v) is 6.91. The minimum absolute atomic E-state index is 0.0327. The van der Waals surface area contributed by atoms with Crippen LogP contribution in [-0.4, -0.2) is 74.8 Å². The quantitative estimate of drug-likeness (QED) is 0.482. The average Bonchev–Trinajstić information content (AvgIpc) is 3.47. The number of benzene rings is 1. The first kappa shape index (κ1) is 26.3. The standard InChI is InChI=1S/C28H32ClN5O4/c1-27(2,3)38-26(36)34-16-28(17-34)12-22(15-37-28)31-13-23(35)14-33-18-32-24(19-4-6-21(29)7-5-19)25(33)20-8-10-30-11-9-20/h4-11,18,22,31H,12-17H2,1-3H3. The molecule has 0 bridgehead atoms. The summed E-state index contributed by atoms with van der Waals surface area (Å²) in [4.78, 5) is 35.7. The molecule has 1 atom stereocenters. The number of ether oxygens (including phenoxy) is 2. The van der Waals surface area contributed by atoms with E-state index in [0.717, 1.165) is 28.9 Å². The Labute approximate surface area is 227 Å². The van der Waals surface area contributed by atoms with Crippen LogP contribution in [0.25, 0.3) is 22.5 Å². The molecule has 2 aromatic heterocycles. The number of nitrogens with one attached hydrogen (secondary N) is 1. The number of hydrogen-bond donors (Lipinski definition) is 1. The molecule has 1 unspecified atom stereocenters. The molecule has 4 heterocycles. The van der Waals surface area contributed by atoms with Crippen LogP contribution in [0, 0.1) is 0 Å². The lowest BCUT2D eigenvalue weighted by molar-refractivity contribution is -0.118. The van der Waals surface area contributed by atoms with E-state index in [1.165, 1.54) is 0 Å². The molecule has 1 aromatic carbocycles. The zero-order valence-corrected chi connectivity index (χ0v) is 22.6. The molecule has 9 nitrogen and oxygen atoms in total. The fraction of sp³-hybridized carbons (Fsp3) is 0.429. The van der Waals surface area contributed by atoms with E-state index in [4.69, 9.17) is 21.1 Å². The number of pyridine rings is 1. The highest BCUT2D eigenvalue weighted by molar-refractivity contribution is 6.30. The topological polar surface area (TPSA) is 98.6 Å². The number of carbonyl (C=O) groups excluding carboxylic acids is 2. The van der Waals surface area contributed by atoms with Gasteiger partial charge >= 0.3 is 6.09 Å². The van der Waals surface area contributed by atoms with Crippen LogP contribution in [0.2, 0.25) is 5.02 Å². The molecule has 3 aromatic rings. The monoisotopic (exact) mass is 537 g/mol. The zero-order chi connectivity index (χ0) is 26.9. The Kier molecular flexibility index (Phi) is 7.26. The Hall–Kier alpha value is -3.27. The summed E-state index contributed by atoms with van der Waals surface area (Å²) in [6.45, 7) is 7.46. The molecule has 200 valence electrons. The third-order valence-electron chi connectivity index (χ3n) is 6.66. The minimum Gasteiger partial charge on any atom is -0.444 e. The van der Waals surface area contributed by atoms with Crippen LogP contribution < -0.4 is 5.32 Å². The lowest BCUT2D eigenvalue weighted by Gasteiger charge is -2.46. The van der Waals surface area contributed by atoms with Crippen LogP contribution in [-0.2, 0) is 20.8 Å². The Balaban J connectivity index is 1.19. The molecular weight excluding hydrogens is 506 g/mol. The molecule has 0 radical (unpaired) electrons. The normalized spacial score (nSPS) is 18.4. The summed E-state index contributed by atoms with van der Waals surface area (Å²) in [7, 11) is 0. The van der Waals surface area contributed by atoms with Crippen molar-refractivity contribution in [3.63, 3.8) is 0 Å². The first-order valence-electron chi connectivity index (χ1n) is 12.7. The van der Waals surface area contributed by atoms with E-state index in [1.807, 2.05) is 61.7 Å². The molecule has 10 heteroatoms. The number of Topliss-reactive ketones (excluding diaryl/α,β-unsaturated/α-hetero) is 1. The van der Waals surface area contributed by atoms with Crippen LogP contribution in [0.3, 0.4) is 0 Å². The van der Waals surface area contributed by atoms with Gasteiger partial charge < -0.3 is 24.3 Å². The van der Waals surface area contributed by atoms with Crippen LogP contribution >= 0.6 is 11.6 Å². The molecule has 2 saturated heterocycles. The number of halogens is 1. The van der Waals surface area contributed by atoms with Gasteiger partial charge in [0.1, 0.15) is 11.2 Å². The Morgan fingerprint density at radius 2 is 1.84 bits per heavy atom. The number of imidazole rings is 1. The third kappa shape index (κ3) is 5.90. The van der Waals surface area contributed by atoms with E-state index in [0.29, 0.717) is 24.7 Å². The molecule has 1 N–H and O–H groups in total. The van der Waals surface area contributed by atoms with Gasteiger partial charge in [0.25, 0.3) is 0 Å². The molecule has 0 aliphatic carbocycles. The zero-order valence-electron chi connectivity index (χ0n) is 21.8. The Morgan fingerprint density at radius 1 is 1.13 bits per heavy atom. The van der Waals surface area contributed by atoms with Gasteiger partial charge in [-0.1, -0.05) is 23.7 Å². The molecule has 5 rings (SSSR count). The molecule has 2 aliphatic rings. The highest BCUT2D eigenvalue weighted by Gasteiger charge is 2.52. The number of ketones is 1. The van der Waals surface area contributed by atoms with E-state index in [9.17, 15) is 9.59 Å². The number of aromatic nitrogens is 3. The maximum atomic E-state index is 13.0. The number of carbonyl (C=O) groups is 2. The maximum Gasteiger partial charge on any atom is 0.410 e. The van der Waals surface area contributed by atoms with E-state index in [2.05, 4.69) is 15.3 Å². The van der Waals surface area contributed by atoms with Gasteiger partial charge in [-0.25, -0.2) is 9.78 Å². The first-order valence-corrected chi connectivity index (χ1v) is 13.1. The molecule has 38 heavy (non-hydrogen) atoms. The second kappa shape index (κ2) is 10.5. The van der Waals surface area contributed by atoms with Crippen molar-refractivity contribution in [2.75, 3.05) is 26.2 Å². The largest absolute Gasteiger partial charge is 0.444 e. The summed E-state index contributed by atoms with van der Waals surface area (Å²) in [6.07, 6.45) is 5.57. The average molecular weight is 538 g/mol. The van der Waals surface area contributed by atoms with Crippen LogP contribution in [0.15, 0.2) is 55.1 Å². The van der Waals surface area contributed by atoms with E-state index >= 15 is 0 Å². The fourth-order valence-electron chi connectivity index (χ4n) is 4.94. The van der Waals surface area contributed by atoms with Gasteiger partial charge in [0.05, 0.1) is 50.5 Å². The van der Waals surface area contributed by atoms with E-state index in [-0.39, 0.29) is 36.6 Å². The Morgan fingerprint density at radius 3 is 2.53 bits per heavy atom. The highest BCUT2D eigenvalue weighted by Crippen LogP contribution is 2.36. The van der Waals surface area contributed by atoms with Gasteiger partial charge in [0, 0.05) is 34.6 Å². The molecule has 0 saturated carbocycles. The second-order valence-electron chi connectivity index (χ2n) is 11.0. The smallest absolute Gasteiger partial charge is 0.410 e. The second-order valence-corrected chi connectivity index (χ2v) is 11.4. The van der Waals surface area contributed by atoms with Crippen molar-refractivity contribution in [2.24, 2.45) is 0 Å². The maximum absolute atomic E-state index is 13.0. The van der Waals surface area contributed by atoms with Gasteiger partial charge in [-0.3, -0.25) is 9.78 Å². The van der Waals surface area contributed by atoms with Crippen molar-refractivity contribution in [1.82, 2.24) is 24.8 Å². The highest BCUT2D eigenvalue weighted by atomic mass is 35.5. The van der Waals surface area contributed by atoms with E-state index in [1.54, 1.807) is 23.6 Å². The summed E-state index contributed by atoms with van der Waals surface area (Å²) >= 11 is 6.08. The number of amides is 1. The van der Waals surface area contributed by atoms with Crippen molar-refractivity contribution in [3.8, 4) is 22.5 Å². The van der Waals surface area contributed by atoms with Gasteiger partial charge in [-0.05, 0) is 51.5 Å². The van der Waals surface area contributed by atoms with E-state index < -0.39 is 5.60 Å². The van der Waals surface area contributed by atoms with Gasteiger partial charge in [0.2, 0.25) is 0 Å². The summed E-state index contributed by atoms with van der Waals surface area (Å²) in [5, 5.41) is 3.99. The lowest BCUT2D eigenvalue weighted by Crippen LogP contribution is -2.64. The van der Waals surface area contributed by atoms with Crippen LogP contribution in [0.4, 0.5) is 4.79 Å². The van der Waals surface area contributed by atoms with Gasteiger partial charge in [-0.15, -0.1) is 0 Å². The number of nitrogens with zero attached hydrogens (tertiary/aromatic N) is 4. The molecule has 2 aliphatic heterocycles. The first-order chi connectivity index (χ1) is 18.1. The molecular formula is C28H32ClN5O4. The van der Waals surface area contributed by atoms with Crippen LogP contribution in [0.1, 0.15) is 27.2 Å². The fourth-order valence-corrected chi connectivity index (χ4v) is 5.06. The predicted molar refractivity (Wildman–Crippen MR) is 144 cm³/mol. The van der Waals surface area contributed by atoms with Crippen molar-refractivity contribution >= 4 is 23.5 Å². The number of likely N-dealkylation sites (tertiary alicyclic amines) is 1. The number of rotatable bonds is 7. The van der Waals surface area contributed by atoms with Gasteiger partial charge in [0.15, 0.2) is 5.78 Å². The molecule has 2 fully saturated rings. The number of hydrogen-bond acceptors (Lipinski definition) is 7. The summed E-state index contributed by atoms with van der Waals surface area (Å²) in [6, 6.07) is 11.4. The summed E-state index contributed by atoms with van der Waals surface area (Å²) in [5.74, 6) is 0.0327. The van der Waals surface area contributed by atoms with Gasteiger partial charge in [-0.2, -0.15) is 0 Å². The predicted octanol–water partition coefficient (Wildman–Crippen LogP) is 4.20. The molecule has 1 spiro atoms. The van der Waals surface area contributed by atoms with Crippen molar-refractivity contribution < 1.29 is 19.1 Å². The summed E-state index contributed by atoms with van der Waals surface area (Å²) in [5.41, 5.74) is 2.59. The minimum atomic E-state index is -0.525. The van der Waals surface area contributed by atoms with Crippen molar-refractivity contribution in [2.45, 2.75) is 51.0 Å².